The SMILES string of the molecule is C[C@@H]1CN(S(=O)(=O)c2ccc(F)c(CO)c2F)C[C@H](C)O1. The standard InChI is InChI=1S/C13H17F2NO4S/c1-8-5-16(6-9(2)20-8)21(18,19)12-4-3-11(14)10(7-17)13(12)15/h3-4,8-9,17H,5-7H2,1-2H3/t8-,9+. The van der Waals surface area contributed by atoms with E-state index in [1.165, 1.54) is 0 Å². The van der Waals surface area contributed by atoms with Crippen molar-refractivity contribution >= 4 is 10.0 Å². The number of hydrogen-bond acceptors (Lipinski definition) is 4. The molecule has 0 saturated carbocycles. The number of aliphatic hydroxyl groups is 1. The number of nitrogens with zero attached hydrogens (tertiary/aromatic N) is 1. The molecule has 0 radical (unpaired) electrons. The number of ether oxygens (including phenoxy) is 1. The van der Waals surface area contributed by atoms with Gasteiger partial charge in [-0.15, -0.1) is 0 Å². The van der Waals surface area contributed by atoms with Crippen LogP contribution in [0, 0.1) is 11.6 Å². The first-order valence-corrected chi connectivity index (χ1v) is 7.94. The molecule has 0 aliphatic carbocycles. The van der Waals surface area contributed by atoms with Gasteiger partial charge in [0.1, 0.15) is 10.7 Å². The van der Waals surface area contributed by atoms with Crippen LogP contribution in [0.3, 0.4) is 0 Å². The Bertz CT molecular complexity index is 625. The monoisotopic (exact) mass is 321 g/mol. The number of sulfonamides is 1. The van der Waals surface area contributed by atoms with Crippen LogP contribution < -0.4 is 0 Å². The van der Waals surface area contributed by atoms with E-state index in [0.29, 0.717) is 0 Å². The minimum Gasteiger partial charge on any atom is -0.391 e. The third-order valence-corrected chi connectivity index (χ3v) is 5.16. The van der Waals surface area contributed by atoms with Crippen molar-refractivity contribution in [3.05, 3.63) is 29.3 Å². The van der Waals surface area contributed by atoms with Crippen molar-refractivity contribution in [1.82, 2.24) is 4.31 Å². The lowest BCUT2D eigenvalue weighted by molar-refractivity contribution is -0.0441. The highest BCUT2D eigenvalue weighted by molar-refractivity contribution is 7.89. The minimum absolute atomic E-state index is 0.0952. The summed E-state index contributed by atoms with van der Waals surface area (Å²) < 4.78 is 59.1. The fourth-order valence-corrected chi connectivity index (χ4v) is 4.07. The van der Waals surface area contributed by atoms with E-state index in [1.54, 1.807) is 13.8 Å². The first-order valence-electron chi connectivity index (χ1n) is 6.50. The molecule has 21 heavy (non-hydrogen) atoms. The minimum atomic E-state index is -4.11. The van der Waals surface area contributed by atoms with Crippen LogP contribution in [0.1, 0.15) is 19.4 Å². The van der Waals surface area contributed by atoms with Crippen molar-refractivity contribution in [3.8, 4) is 0 Å². The van der Waals surface area contributed by atoms with Gasteiger partial charge in [0.2, 0.25) is 10.0 Å². The number of aliphatic hydroxyl groups excluding tert-OH is 1. The lowest BCUT2D eigenvalue weighted by Gasteiger charge is -2.34. The van der Waals surface area contributed by atoms with Crippen LogP contribution in [0.25, 0.3) is 0 Å². The van der Waals surface area contributed by atoms with Gasteiger partial charge >= 0.3 is 0 Å². The molecule has 1 fully saturated rings. The van der Waals surface area contributed by atoms with Crippen LogP contribution in [0.4, 0.5) is 8.78 Å². The molecule has 1 aliphatic heterocycles. The van der Waals surface area contributed by atoms with Crippen molar-refractivity contribution in [2.45, 2.75) is 37.6 Å². The summed E-state index contributed by atoms with van der Waals surface area (Å²) in [7, 11) is -4.11. The normalized spacial score (nSPS) is 24.2. The van der Waals surface area contributed by atoms with Gasteiger partial charge in [0.05, 0.1) is 24.4 Å². The Hall–Kier alpha value is -1.09. The average molecular weight is 321 g/mol. The van der Waals surface area contributed by atoms with E-state index in [4.69, 9.17) is 9.84 Å². The van der Waals surface area contributed by atoms with Gasteiger partial charge < -0.3 is 9.84 Å². The zero-order chi connectivity index (χ0) is 15.8. The first-order chi connectivity index (χ1) is 9.77. The van der Waals surface area contributed by atoms with Gasteiger partial charge in [0.15, 0.2) is 5.82 Å². The summed E-state index contributed by atoms with van der Waals surface area (Å²) in [5, 5.41) is 8.98. The Morgan fingerprint density at radius 3 is 2.38 bits per heavy atom. The highest BCUT2D eigenvalue weighted by Gasteiger charge is 2.34. The van der Waals surface area contributed by atoms with Gasteiger partial charge in [-0.3, -0.25) is 0 Å². The highest BCUT2D eigenvalue weighted by atomic mass is 32.2. The predicted octanol–water partition coefficient (Wildman–Crippen LogP) is 1.26. The molecule has 5 nitrogen and oxygen atoms in total. The molecule has 1 aromatic rings. The molecule has 0 aromatic heterocycles. The lowest BCUT2D eigenvalue weighted by atomic mass is 10.2. The van der Waals surface area contributed by atoms with Crippen molar-refractivity contribution in [3.63, 3.8) is 0 Å². The van der Waals surface area contributed by atoms with Crippen LogP contribution in [0.2, 0.25) is 0 Å². The zero-order valence-electron chi connectivity index (χ0n) is 11.7. The molecule has 1 aromatic carbocycles. The maximum Gasteiger partial charge on any atom is 0.246 e. The smallest absolute Gasteiger partial charge is 0.246 e. The van der Waals surface area contributed by atoms with Crippen LogP contribution in [-0.4, -0.2) is 43.1 Å². The summed E-state index contributed by atoms with van der Waals surface area (Å²) in [6.07, 6.45) is -0.631. The molecule has 118 valence electrons. The second-order valence-electron chi connectivity index (χ2n) is 5.08. The molecule has 0 amide bonds. The largest absolute Gasteiger partial charge is 0.391 e. The van der Waals surface area contributed by atoms with E-state index in [1.807, 2.05) is 0 Å². The molecule has 1 aliphatic rings. The molecule has 2 rings (SSSR count). The van der Waals surface area contributed by atoms with Crippen LogP contribution >= 0.6 is 0 Å². The molecule has 1 heterocycles. The van der Waals surface area contributed by atoms with Crippen molar-refractivity contribution in [1.29, 1.82) is 0 Å². The third kappa shape index (κ3) is 3.08. The Labute approximate surface area is 122 Å². The van der Waals surface area contributed by atoms with Crippen LogP contribution in [-0.2, 0) is 21.4 Å². The number of halogens is 2. The summed E-state index contributed by atoms with van der Waals surface area (Å²) in [4.78, 5) is -0.630. The van der Waals surface area contributed by atoms with E-state index in [-0.39, 0.29) is 25.3 Å². The Morgan fingerprint density at radius 2 is 1.86 bits per heavy atom. The van der Waals surface area contributed by atoms with E-state index < -0.39 is 38.7 Å². The summed E-state index contributed by atoms with van der Waals surface area (Å²) in [6.45, 7) is 2.73. The molecule has 2 atom stereocenters. The average Bonchev–Trinajstić information content (AvgIpc) is 2.37. The number of rotatable bonds is 3. The van der Waals surface area contributed by atoms with Crippen molar-refractivity contribution < 1.29 is 27.0 Å². The van der Waals surface area contributed by atoms with E-state index in [0.717, 1.165) is 16.4 Å². The Kier molecular flexibility index (Phi) is 4.62. The molecule has 0 unspecified atom stereocenters. The lowest BCUT2D eigenvalue weighted by Crippen LogP contribution is -2.48. The van der Waals surface area contributed by atoms with Crippen molar-refractivity contribution in [2.24, 2.45) is 0 Å². The molecular weight excluding hydrogens is 304 g/mol. The van der Waals surface area contributed by atoms with Gasteiger partial charge in [0.25, 0.3) is 0 Å². The first kappa shape index (κ1) is 16.3. The second kappa shape index (κ2) is 5.96. The summed E-state index contributed by atoms with van der Waals surface area (Å²) in [5.41, 5.74) is -0.648. The number of morpholine rings is 1. The van der Waals surface area contributed by atoms with Crippen molar-refractivity contribution in [2.75, 3.05) is 13.1 Å². The molecule has 1 N–H and O–H groups in total. The molecule has 8 heteroatoms. The number of benzene rings is 1. The topological polar surface area (TPSA) is 66.8 Å². The zero-order valence-corrected chi connectivity index (χ0v) is 12.5. The third-order valence-electron chi connectivity index (χ3n) is 3.31. The maximum absolute atomic E-state index is 14.1. The van der Waals surface area contributed by atoms with Gasteiger partial charge in [-0.25, -0.2) is 17.2 Å². The quantitative estimate of drug-likeness (QED) is 0.910. The van der Waals surface area contributed by atoms with Crippen LogP contribution in [0.5, 0.6) is 0 Å². The van der Waals surface area contributed by atoms with E-state index in [9.17, 15) is 17.2 Å². The highest BCUT2D eigenvalue weighted by Crippen LogP contribution is 2.26. The molecular formula is C13H17F2NO4S. The summed E-state index contributed by atoms with van der Waals surface area (Å²) in [6, 6.07) is 1.72. The predicted molar refractivity (Wildman–Crippen MR) is 71.0 cm³/mol. The second-order valence-corrected chi connectivity index (χ2v) is 6.98. The molecule has 1 saturated heterocycles. The van der Waals surface area contributed by atoms with E-state index >= 15 is 0 Å². The summed E-state index contributed by atoms with van der Waals surface area (Å²) in [5.74, 6) is -2.22. The van der Waals surface area contributed by atoms with Gasteiger partial charge in [-0.2, -0.15) is 4.31 Å². The fraction of sp³-hybridized carbons (Fsp3) is 0.538. The summed E-state index contributed by atoms with van der Waals surface area (Å²) >= 11 is 0. The Morgan fingerprint density at radius 1 is 1.29 bits per heavy atom. The number of hydrogen-bond donors (Lipinski definition) is 1. The maximum atomic E-state index is 14.1. The Balaban J connectivity index is 2.45. The van der Waals surface area contributed by atoms with Crippen LogP contribution in [0.15, 0.2) is 17.0 Å². The fourth-order valence-electron chi connectivity index (χ4n) is 2.39. The van der Waals surface area contributed by atoms with Gasteiger partial charge in [-0.1, -0.05) is 0 Å². The van der Waals surface area contributed by atoms with Gasteiger partial charge in [-0.05, 0) is 26.0 Å². The van der Waals surface area contributed by atoms with Gasteiger partial charge in [0, 0.05) is 13.1 Å². The molecule has 0 bridgehead atoms. The molecule has 0 spiro atoms. The van der Waals surface area contributed by atoms with E-state index in [2.05, 4.69) is 0 Å².